The second-order valence-corrected chi connectivity index (χ2v) is 5.23. The molecule has 5 radical (unpaired) electrons. The summed E-state index contributed by atoms with van der Waals surface area (Å²) in [4.78, 5) is 12.2. The summed E-state index contributed by atoms with van der Waals surface area (Å²) in [5.41, 5.74) is 1.02. The summed E-state index contributed by atoms with van der Waals surface area (Å²) in [6.45, 7) is 2.26. The third-order valence-electron chi connectivity index (χ3n) is 4.14. The molecule has 0 aromatic carbocycles. The van der Waals surface area contributed by atoms with E-state index in [0.717, 1.165) is 42.0 Å². The fraction of sp³-hybridized carbons (Fsp3) is 0.429. The van der Waals surface area contributed by atoms with E-state index >= 15 is 0 Å². The van der Waals surface area contributed by atoms with Gasteiger partial charge in [-0.15, -0.1) is 0 Å². The highest BCUT2D eigenvalue weighted by atomic mass is 16.1. The van der Waals surface area contributed by atoms with Gasteiger partial charge in [0, 0.05) is 24.7 Å². The summed E-state index contributed by atoms with van der Waals surface area (Å²) >= 11 is 0. The highest BCUT2D eigenvalue weighted by Gasteiger charge is 2.47. The monoisotopic (exact) mass is 215 g/mol. The Morgan fingerprint density at radius 1 is 1.25 bits per heavy atom. The van der Waals surface area contributed by atoms with Gasteiger partial charge in [-0.05, 0) is 31.8 Å². The van der Waals surface area contributed by atoms with Gasteiger partial charge in [0.25, 0.3) is 0 Å². The number of ketones is 1. The molecule has 4 rings (SSSR count). The summed E-state index contributed by atoms with van der Waals surface area (Å²) in [5, 5.41) is 0. The molecule has 0 atom stereocenters. The highest BCUT2D eigenvalue weighted by Crippen LogP contribution is 2.38. The van der Waals surface area contributed by atoms with Crippen molar-refractivity contribution in [1.29, 1.82) is 0 Å². The van der Waals surface area contributed by atoms with Gasteiger partial charge in [0.05, 0.1) is 20.1 Å². The lowest BCUT2D eigenvalue weighted by molar-refractivity contribution is -0.879. The first-order valence-electron chi connectivity index (χ1n) is 6.02. The maximum absolute atomic E-state index is 12.2. The molecule has 3 heterocycles. The van der Waals surface area contributed by atoms with Crippen molar-refractivity contribution < 1.29 is 9.28 Å². The second kappa shape index (κ2) is 3.69. The van der Waals surface area contributed by atoms with Crippen LogP contribution in [0, 0.1) is 37.5 Å². The number of piperidine rings is 3. The Morgan fingerprint density at radius 2 is 1.88 bits per heavy atom. The van der Waals surface area contributed by atoms with Crippen LogP contribution in [0.3, 0.4) is 0 Å². The third-order valence-corrected chi connectivity index (χ3v) is 4.14. The summed E-state index contributed by atoms with van der Waals surface area (Å²) in [5.74, 6) is 1.86. The number of carbonyl (C=O) groups excluding carboxylic acids is 1. The maximum Gasteiger partial charge on any atom is 0.219 e. The molecule has 0 aromatic heterocycles. The lowest BCUT2D eigenvalue weighted by atomic mass is 9.81. The number of quaternary nitrogens is 1. The summed E-state index contributed by atoms with van der Waals surface area (Å²) in [6.07, 6.45) is 12.4. The Hall–Kier alpha value is -0.630. The molecule has 4 aliphatic rings. The molecule has 4 fully saturated rings. The van der Waals surface area contributed by atoms with E-state index in [1.165, 1.54) is 0 Å². The van der Waals surface area contributed by atoms with Gasteiger partial charge in [-0.1, -0.05) is 0 Å². The van der Waals surface area contributed by atoms with E-state index in [4.69, 9.17) is 0 Å². The topological polar surface area (TPSA) is 17.1 Å². The van der Waals surface area contributed by atoms with Crippen LogP contribution < -0.4 is 0 Å². The molecule has 16 heavy (non-hydrogen) atoms. The molecule has 1 saturated carbocycles. The molecule has 0 spiro atoms. The third kappa shape index (κ3) is 1.55. The number of likely N-dealkylation sites (N-methyl/N-ethyl adjacent to an activating group) is 1. The largest absolute Gasteiger partial charge is 0.291 e. The van der Waals surface area contributed by atoms with E-state index < -0.39 is 0 Å². The van der Waals surface area contributed by atoms with Crippen molar-refractivity contribution >= 4 is 5.78 Å². The van der Waals surface area contributed by atoms with Gasteiger partial charge in [-0.3, -0.25) is 9.28 Å². The number of fused-ring (bicyclic) bond motifs is 3. The number of hydrogen-bond donors (Lipinski definition) is 0. The fourth-order valence-corrected chi connectivity index (χ4v) is 2.99. The van der Waals surface area contributed by atoms with Crippen LogP contribution in [0.4, 0.5) is 0 Å². The summed E-state index contributed by atoms with van der Waals surface area (Å²) in [7, 11) is 2.20. The molecule has 2 nitrogen and oxygen atoms in total. The van der Waals surface area contributed by atoms with E-state index in [2.05, 4.69) is 26.0 Å². The normalized spacial score (nSPS) is 42.2. The Labute approximate surface area is 97.9 Å². The molecule has 2 heteroatoms. The zero-order chi connectivity index (χ0) is 11.2. The van der Waals surface area contributed by atoms with Crippen LogP contribution in [0.1, 0.15) is 12.8 Å². The van der Waals surface area contributed by atoms with Crippen LogP contribution in [0.5, 0.6) is 0 Å². The first-order chi connectivity index (χ1) is 7.69. The molecular weight excluding hydrogens is 198 g/mol. The van der Waals surface area contributed by atoms with Crippen molar-refractivity contribution in [2.45, 2.75) is 12.8 Å². The average molecular weight is 215 g/mol. The SMILES string of the molecule is C[N+]12CCC(CC1)C(=O)/C2=C\[C]1[CH][CH][CH][CH]1. The maximum atomic E-state index is 12.2. The van der Waals surface area contributed by atoms with Crippen molar-refractivity contribution in [3.8, 4) is 0 Å². The van der Waals surface area contributed by atoms with Crippen LogP contribution in [-0.2, 0) is 4.79 Å². The minimum absolute atomic E-state index is 0.307. The van der Waals surface area contributed by atoms with Crippen LogP contribution in [0.25, 0.3) is 0 Å². The van der Waals surface area contributed by atoms with Crippen molar-refractivity contribution in [3.05, 3.63) is 43.4 Å². The molecule has 0 aromatic rings. The van der Waals surface area contributed by atoms with Crippen LogP contribution in [-0.4, -0.2) is 30.4 Å². The first-order valence-corrected chi connectivity index (χ1v) is 6.02. The summed E-state index contributed by atoms with van der Waals surface area (Å²) in [6, 6.07) is 0. The molecule has 0 N–H and O–H groups in total. The highest BCUT2D eigenvalue weighted by molar-refractivity contribution is 5.96. The molecule has 0 unspecified atom stereocenters. The Bertz CT molecular complexity index is 331. The van der Waals surface area contributed by atoms with E-state index in [1.807, 2.05) is 12.8 Å². The number of Topliss-reactive ketones (excluding diaryl/α,β-unsaturated/α-hetero) is 1. The molecule has 1 aliphatic carbocycles. The van der Waals surface area contributed by atoms with Crippen LogP contribution in [0.2, 0.25) is 0 Å². The van der Waals surface area contributed by atoms with E-state index in [9.17, 15) is 4.79 Å². The molecular formula is C14H17NO+. The van der Waals surface area contributed by atoms with Gasteiger partial charge in [-0.25, -0.2) is 0 Å². The lowest BCUT2D eigenvalue weighted by Crippen LogP contribution is -2.58. The lowest BCUT2D eigenvalue weighted by Gasteiger charge is -2.46. The fourth-order valence-electron chi connectivity index (χ4n) is 2.99. The standard InChI is InChI=1S/C14H17NO/c1-15-8-6-12(7-9-15)14(16)13(15)10-11-4-2-3-5-11/h2-5,10,12H,6-9H2,1H3/q+1/b13-10+. The molecule has 3 aliphatic heterocycles. The molecule has 83 valence electrons. The van der Waals surface area contributed by atoms with Gasteiger partial charge >= 0.3 is 0 Å². The van der Waals surface area contributed by atoms with Gasteiger partial charge < -0.3 is 0 Å². The van der Waals surface area contributed by atoms with Crippen molar-refractivity contribution in [2.24, 2.45) is 5.92 Å². The zero-order valence-corrected chi connectivity index (χ0v) is 9.65. The molecule has 2 bridgehead atoms. The van der Waals surface area contributed by atoms with Crippen molar-refractivity contribution in [1.82, 2.24) is 0 Å². The number of nitrogens with zero attached hydrogens (tertiary/aromatic N) is 1. The van der Waals surface area contributed by atoms with Gasteiger partial charge in [0.1, 0.15) is 0 Å². The summed E-state index contributed by atoms with van der Waals surface area (Å²) < 4.78 is 0.848. The molecule has 3 saturated heterocycles. The first kappa shape index (κ1) is 10.5. The van der Waals surface area contributed by atoms with Crippen LogP contribution in [0.15, 0.2) is 11.8 Å². The minimum Gasteiger partial charge on any atom is -0.291 e. The number of carbonyl (C=O) groups is 1. The van der Waals surface area contributed by atoms with Crippen molar-refractivity contribution in [3.63, 3.8) is 0 Å². The van der Waals surface area contributed by atoms with Crippen LogP contribution >= 0.6 is 0 Å². The quantitative estimate of drug-likeness (QED) is 0.481. The van der Waals surface area contributed by atoms with Gasteiger partial charge in [0.15, 0.2) is 5.70 Å². The van der Waals surface area contributed by atoms with E-state index in [1.54, 1.807) is 0 Å². The van der Waals surface area contributed by atoms with Crippen molar-refractivity contribution in [2.75, 3.05) is 20.1 Å². The number of hydrogen-bond acceptors (Lipinski definition) is 1. The van der Waals surface area contributed by atoms with Gasteiger partial charge in [0.2, 0.25) is 5.78 Å². The Balaban J connectivity index is 1.89. The average Bonchev–Trinajstić information content (AvgIpc) is 2.77. The predicted octanol–water partition coefficient (Wildman–Crippen LogP) is 1.71. The van der Waals surface area contributed by atoms with Gasteiger partial charge in [-0.2, -0.15) is 0 Å². The second-order valence-electron chi connectivity index (χ2n) is 5.23. The zero-order valence-electron chi connectivity index (χ0n) is 9.65. The predicted molar refractivity (Wildman–Crippen MR) is 62.2 cm³/mol. The number of allylic oxidation sites excluding steroid dienone is 2. The number of rotatable bonds is 1. The Kier molecular flexibility index (Phi) is 2.43. The minimum atomic E-state index is 0.307. The Morgan fingerprint density at radius 3 is 2.44 bits per heavy atom. The molecule has 0 amide bonds. The van der Waals surface area contributed by atoms with E-state index in [-0.39, 0.29) is 0 Å². The van der Waals surface area contributed by atoms with E-state index in [0.29, 0.717) is 11.7 Å². The smallest absolute Gasteiger partial charge is 0.219 e.